The number of piperazine rings is 1. The van der Waals surface area contributed by atoms with Crippen molar-refractivity contribution in [2.24, 2.45) is 0 Å². The van der Waals surface area contributed by atoms with Gasteiger partial charge in [-0.15, -0.1) is 5.10 Å². The normalized spacial score (nSPS) is 14.6. The number of rotatable bonds is 6. The zero-order valence-electron chi connectivity index (χ0n) is 18.0. The molecule has 1 saturated heterocycles. The molecule has 1 aliphatic rings. The standard InChI is InChI=1S/C24H25N5O2S/c1-30-21-11-9-19(10-12-21)27-15-13-26(14-16-27)18-28-24(32)29(20-6-3-2-4-7-20)23(25-28)22-8-5-17-31-22/h2-12,17H,13-16,18H2,1H3/p+1. The highest BCUT2D eigenvalue weighted by molar-refractivity contribution is 7.71. The lowest BCUT2D eigenvalue weighted by Crippen LogP contribution is -3.14. The zero-order chi connectivity index (χ0) is 21.9. The van der Waals surface area contributed by atoms with Crippen molar-refractivity contribution in [2.75, 3.05) is 38.2 Å². The Bertz CT molecular complexity index is 1210. The highest BCUT2D eigenvalue weighted by Gasteiger charge is 2.23. The molecule has 0 unspecified atom stereocenters. The molecule has 3 heterocycles. The van der Waals surface area contributed by atoms with Gasteiger partial charge >= 0.3 is 0 Å². The molecule has 0 atom stereocenters. The second-order valence-corrected chi connectivity index (χ2v) is 8.21. The van der Waals surface area contributed by atoms with Gasteiger partial charge in [0, 0.05) is 5.69 Å². The fourth-order valence-corrected chi connectivity index (χ4v) is 4.43. The first-order valence-electron chi connectivity index (χ1n) is 10.7. The molecule has 164 valence electrons. The van der Waals surface area contributed by atoms with Crippen LogP contribution in [0.15, 0.2) is 77.4 Å². The van der Waals surface area contributed by atoms with Gasteiger partial charge in [0.2, 0.25) is 10.6 Å². The lowest BCUT2D eigenvalue weighted by molar-refractivity contribution is -0.924. The molecule has 0 bridgehead atoms. The summed E-state index contributed by atoms with van der Waals surface area (Å²) in [4.78, 5) is 3.87. The summed E-state index contributed by atoms with van der Waals surface area (Å²) in [6, 6.07) is 22.1. The number of furan rings is 1. The molecule has 8 heteroatoms. The molecule has 2 aromatic heterocycles. The number of ether oxygens (including phenoxy) is 1. The van der Waals surface area contributed by atoms with Gasteiger partial charge < -0.3 is 19.0 Å². The molecular weight excluding hydrogens is 422 g/mol. The molecular formula is C24H26N5O2S+. The lowest BCUT2D eigenvalue weighted by atomic mass is 10.2. The SMILES string of the molecule is COc1ccc(N2CC[NH+](Cn3nc(-c4ccco4)n(-c4ccccc4)c3=S)CC2)cc1. The lowest BCUT2D eigenvalue weighted by Gasteiger charge is -2.33. The van der Waals surface area contributed by atoms with E-state index in [0.717, 1.165) is 50.1 Å². The molecule has 4 aromatic rings. The summed E-state index contributed by atoms with van der Waals surface area (Å²) in [6.45, 7) is 4.73. The summed E-state index contributed by atoms with van der Waals surface area (Å²) >= 11 is 5.85. The van der Waals surface area contributed by atoms with Crippen LogP contribution in [0.5, 0.6) is 5.75 Å². The topological polar surface area (TPSA) is 52.8 Å². The minimum Gasteiger partial charge on any atom is -0.497 e. The van der Waals surface area contributed by atoms with Crippen LogP contribution in [-0.2, 0) is 6.67 Å². The Morgan fingerprint density at radius 2 is 1.72 bits per heavy atom. The number of nitrogens with zero attached hydrogens (tertiary/aromatic N) is 4. The highest BCUT2D eigenvalue weighted by Crippen LogP contribution is 2.23. The predicted octanol–water partition coefficient (Wildman–Crippen LogP) is 3.03. The summed E-state index contributed by atoms with van der Waals surface area (Å²) in [6.07, 6.45) is 1.66. The molecule has 1 N–H and O–H groups in total. The minimum atomic E-state index is 0.674. The Morgan fingerprint density at radius 3 is 2.38 bits per heavy atom. The molecule has 0 spiro atoms. The van der Waals surface area contributed by atoms with Crippen LogP contribution in [-0.4, -0.2) is 47.6 Å². The van der Waals surface area contributed by atoms with Crippen molar-refractivity contribution in [3.63, 3.8) is 0 Å². The average molecular weight is 449 g/mol. The quantitative estimate of drug-likeness (QED) is 0.460. The molecule has 0 radical (unpaired) electrons. The van der Waals surface area contributed by atoms with Gasteiger partial charge in [-0.25, -0.2) is 0 Å². The van der Waals surface area contributed by atoms with Gasteiger partial charge in [0.25, 0.3) is 0 Å². The molecule has 7 nitrogen and oxygen atoms in total. The van der Waals surface area contributed by atoms with Crippen molar-refractivity contribution >= 4 is 17.9 Å². The Balaban J connectivity index is 1.34. The third-order valence-electron chi connectivity index (χ3n) is 5.88. The largest absolute Gasteiger partial charge is 0.497 e. The summed E-state index contributed by atoms with van der Waals surface area (Å²) < 4.78 is 15.5. The van der Waals surface area contributed by atoms with Gasteiger partial charge in [-0.3, -0.25) is 4.57 Å². The minimum absolute atomic E-state index is 0.674. The van der Waals surface area contributed by atoms with E-state index in [0.29, 0.717) is 10.5 Å². The first-order chi connectivity index (χ1) is 15.7. The monoisotopic (exact) mass is 448 g/mol. The first-order valence-corrected chi connectivity index (χ1v) is 11.2. The van der Waals surface area contributed by atoms with E-state index in [-0.39, 0.29) is 0 Å². The van der Waals surface area contributed by atoms with E-state index in [9.17, 15) is 0 Å². The Labute approximate surface area is 192 Å². The fraction of sp³-hybridized carbons (Fsp3) is 0.250. The van der Waals surface area contributed by atoms with Crippen LogP contribution in [0.1, 0.15) is 0 Å². The second kappa shape index (κ2) is 9.02. The molecule has 0 amide bonds. The molecule has 1 fully saturated rings. The molecule has 5 rings (SSSR count). The third kappa shape index (κ3) is 4.06. The van der Waals surface area contributed by atoms with Gasteiger partial charge in [-0.1, -0.05) is 18.2 Å². The van der Waals surface area contributed by atoms with Gasteiger partial charge in [-0.2, -0.15) is 4.68 Å². The molecule has 0 aliphatic carbocycles. The van der Waals surface area contributed by atoms with Gasteiger partial charge in [0.05, 0.1) is 45.2 Å². The number of anilines is 1. The van der Waals surface area contributed by atoms with E-state index in [1.54, 1.807) is 13.4 Å². The zero-order valence-corrected chi connectivity index (χ0v) is 18.8. The number of benzene rings is 2. The van der Waals surface area contributed by atoms with Crippen LogP contribution in [0.4, 0.5) is 5.69 Å². The maximum absolute atomic E-state index is 5.85. The van der Waals surface area contributed by atoms with Gasteiger partial charge in [0.15, 0.2) is 12.4 Å². The number of para-hydroxylation sites is 1. The number of aromatic nitrogens is 3. The van der Waals surface area contributed by atoms with Crippen molar-refractivity contribution < 1.29 is 14.1 Å². The summed E-state index contributed by atoms with van der Waals surface area (Å²) in [5.74, 6) is 2.31. The number of hydrogen-bond acceptors (Lipinski definition) is 5. The van der Waals surface area contributed by atoms with E-state index >= 15 is 0 Å². The first kappa shape index (κ1) is 20.5. The number of hydrogen-bond donors (Lipinski definition) is 1. The number of methoxy groups -OCH3 is 1. The number of quaternary nitrogens is 1. The van der Waals surface area contributed by atoms with E-state index in [1.165, 1.54) is 10.6 Å². The third-order valence-corrected chi connectivity index (χ3v) is 6.27. The Kier molecular flexibility index (Phi) is 5.79. The van der Waals surface area contributed by atoms with E-state index in [2.05, 4.69) is 17.0 Å². The van der Waals surface area contributed by atoms with Crippen molar-refractivity contribution in [1.29, 1.82) is 0 Å². The second-order valence-electron chi connectivity index (χ2n) is 7.85. The average Bonchev–Trinajstić information content (AvgIpc) is 3.49. The van der Waals surface area contributed by atoms with Crippen LogP contribution in [0.2, 0.25) is 0 Å². The Morgan fingerprint density at radius 1 is 0.969 bits per heavy atom. The van der Waals surface area contributed by atoms with Crippen LogP contribution < -0.4 is 14.5 Å². The Hall–Kier alpha value is -3.36. The molecule has 2 aromatic carbocycles. The fourth-order valence-electron chi connectivity index (χ4n) is 4.13. The van der Waals surface area contributed by atoms with Crippen LogP contribution in [0.25, 0.3) is 17.3 Å². The predicted molar refractivity (Wildman–Crippen MR) is 126 cm³/mol. The van der Waals surface area contributed by atoms with Crippen LogP contribution in [0.3, 0.4) is 0 Å². The van der Waals surface area contributed by atoms with Crippen LogP contribution in [0, 0.1) is 4.77 Å². The van der Waals surface area contributed by atoms with E-state index < -0.39 is 0 Å². The van der Waals surface area contributed by atoms with Crippen LogP contribution >= 0.6 is 12.2 Å². The molecule has 0 saturated carbocycles. The summed E-state index contributed by atoms with van der Waals surface area (Å²) in [5.41, 5.74) is 2.21. The summed E-state index contributed by atoms with van der Waals surface area (Å²) in [5, 5.41) is 4.85. The van der Waals surface area contributed by atoms with Gasteiger partial charge in [0.1, 0.15) is 5.75 Å². The smallest absolute Gasteiger partial charge is 0.207 e. The summed E-state index contributed by atoms with van der Waals surface area (Å²) in [7, 11) is 1.69. The maximum atomic E-state index is 5.85. The number of nitrogens with one attached hydrogen (secondary N) is 1. The highest BCUT2D eigenvalue weighted by atomic mass is 32.1. The van der Waals surface area contributed by atoms with Crippen molar-refractivity contribution in [3.05, 3.63) is 77.8 Å². The van der Waals surface area contributed by atoms with E-state index in [1.807, 2.05) is 63.8 Å². The van der Waals surface area contributed by atoms with Gasteiger partial charge in [-0.05, 0) is 60.7 Å². The molecule has 32 heavy (non-hydrogen) atoms. The van der Waals surface area contributed by atoms with E-state index in [4.69, 9.17) is 26.5 Å². The van der Waals surface area contributed by atoms with Crippen molar-refractivity contribution in [3.8, 4) is 23.0 Å². The maximum Gasteiger partial charge on any atom is 0.207 e. The molecule has 1 aliphatic heterocycles. The van der Waals surface area contributed by atoms with Crippen molar-refractivity contribution in [2.45, 2.75) is 6.67 Å². The van der Waals surface area contributed by atoms with Crippen molar-refractivity contribution in [1.82, 2.24) is 14.3 Å².